The SMILES string of the molecule is COc1ccc(-c2nc(-c3ccncc3)cs2)c2c1OC1(CCCC1)C2. The fourth-order valence-corrected chi connectivity index (χ4v) is 5.06. The molecule has 1 saturated carbocycles. The van der Waals surface area contributed by atoms with Gasteiger partial charge in [0.25, 0.3) is 0 Å². The summed E-state index contributed by atoms with van der Waals surface area (Å²) in [4.78, 5) is 8.98. The second-order valence-corrected chi connectivity index (χ2v) is 7.92. The Kier molecular flexibility index (Phi) is 3.71. The average Bonchev–Trinajstić information content (AvgIpc) is 3.42. The monoisotopic (exact) mass is 364 g/mol. The average molecular weight is 364 g/mol. The summed E-state index contributed by atoms with van der Waals surface area (Å²) in [6, 6.07) is 8.13. The Balaban J connectivity index is 1.57. The molecule has 0 atom stereocenters. The van der Waals surface area contributed by atoms with Crippen molar-refractivity contribution in [3.8, 4) is 33.3 Å². The summed E-state index contributed by atoms with van der Waals surface area (Å²) < 4.78 is 12.1. The van der Waals surface area contributed by atoms with Crippen molar-refractivity contribution >= 4 is 11.3 Å². The van der Waals surface area contributed by atoms with Gasteiger partial charge in [0.1, 0.15) is 10.6 Å². The molecule has 0 amide bonds. The molecule has 0 saturated heterocycles. The molecule has 1 aliphatic carbocycles. The molecule has 3 heterocycles. The van der Waals surface area contributed by atoms with Gasteiger partial charge in [-0.1, -0.05) is 0 Å². The van der Waals surface area contributed by atoms with Crippen LogP contribution in [0.4, 0.5) is 0 Å². The van der Waals surface area contributed by atoms with Crippen LogP contribution in [0.25, 0.3) is 21.8 Å². The molecular formula is C21H20N2O2S. The lowest BCUT2D eigenvalue weighted by atomic mass is 9.93. The molecule has 5 rings (SSSR count). The Hall–Kier alpha value is -2.40. The van der Waals surface area contributed by atoms with Gasteiger partial charge in [-0.2, -0.15) is 0 Å². The zero-order valence-corrected chi connectivity index (χ0v) is 15.5. The van der Waals surface area contributed by atoms with Crippen molar-refractivity contribution in [3.05, 3.63) is 47.6 Å². The summed E-state index contributed by atoms with van der Waals surface area (Å²) in [5.74, 6) is 1.76. The number of nitrogens with zero attached hydrogens (tertiary/aromatic N) is 2. The van der Waals surface area contributed by atoms with Gasteiger partial charge >= 0.3 is 0 Å². The van der Waals surface area contributed by atoms with Crippen LogP contribution in [-0.4, -0.2) is 22.7 Å². The summed E-state index contributed by atoms with van der Waals surface area (Å²) in [5, 5.41) is 3.15. The number of methoxy groups -OCH3 is 1. The fraction of sp³-hybridized carbons (Fsp3) is 0.333. The van der Waals surface area contributed by atoms with Gasteiger partial charge in [0.05, 0.1) is 12.8 Å². The zero-order chi connectivity index (χ0) is 17.6. The number of aromatic nitrogens is 2. The van der Waals surface area contributed by atoms with E-state index in [9.17, 15) is 0 Å². The lowest BCUT2D eigenvalue weighted by Gasteiger charge is -2.22. The van der Waals surface area contributed by atoms with Crippen molar-refractivity contribution in [3.63, 3.8) is 0 Å². The highest BCUT2D eigenvalue weighted by atomic mass is 32.1. The van der Waals surface area contributed by atoms with Gasteiger partial charge in [0.15, 0.2) is 11.5 Å². The van der Waals surface area contributed by atoms with Crippen molar-refractivity contribution in [1.29, 1.82) is 0 Å². The van der Waals surface area contributed by atoms with E-state index in [1.165, 1.54) is 24.0 Å². The molecule has 2 aromatic heterocycles. The number of benzene rings is 1. The van der Waals surface area contributed by atoms with E-state index in [1.807, 2.05) is 18.2 Å². The van der Waals surface area contributed by atoms with Crippen LogP contribution in [0.3, 0.4) is 0 Å². The van der Waals surface area contributed by atoms with E-state index in [-0.39, 0.29) is 5.60 Å². The molecule has 1 aromatic carbocycles. The quantitative estimate of drug-likeness (QED) is 0.646. The van der Waals surface area contributed by atoms with Crippen molar-refractivity contribution in [2.45, 2.75) is 37.7 Å². The van der Waals surface area contributed by atoms with Crippen LogP contribution in [-0.2, 0) is 6.42 Å². The molecule has 4 nitrogen and oxygen atoms in total. The molecular weight excluding hydrogens is 344 g/mol. The Morgan fingerprint density at radius 3 is 2.69 bits per heavy atom. The van der Waals surface area contributed by atoms with E-state index in [0.29, 0.717) is 0 Å². The Bertz CT molecular complexity index is 946. The maximum absolute atomic E-state index is 6.47. The number of rotatable bonds is 3. The molecule has 0 N–H and O–H groups in total. The second-order valence-electron chi connectivity index (χ2n) is 7.07. The lowest BCUT2D eigenvalue weighted by Crippen LogP contribution is -2.30. The number of hydrogen-bond donors (Lipinski definition) is 0. The molecule has 26 heavy (non-hydrogen) atoms. The first-order chi connectivity index (χ1) is 12.8. The predicted molar refractivity (Wildman–Crippen MR) is 103 cm³/mol. The minimum absolute atomic E-state index is 0.0308. The van der Waals surface area contributed by atoms with Crippen LogP contribution in [0.15, 0.2) is 42.0 Å². The molecule has 2 aliphatic rings. The molecule has 0 radical (unpaired) electrons. The minimum Gasteiger partial charge on any atom is -0.493 e. The van der Waals surface area contributed by atoms with E-state index in [4.69, 9.17) is 14.5 Å². The number of fused-ring (bicyclic) bond motifs is 1. The third-order valence-corrected chi connectivity index (χ3v) is 6.36. The summed E-state index contributed by atoms with van der Waals surface area (Å²) in [7, 11) is 1.71. The van der Waals surface area contributed by atoms with Gasteiger partial charge in [-0.05, 0) is 49.9 Å². The third-order valence-electron chi connectivity index (χ3n) is 5.49. The van der Waals surface area contributed by atoms with E-state index < -0.39 is 0 Å². The molecule has 132 valence electrons. The van der Waals surface area contributed by atoms with Crippen LogP contribution in [0, 0.1) is 0 Å². The van der Waals surface area contributed by atoms with Crippen molar-refractivity contribution in [1.82, 2.24) is 9.97 Å². The molecule has 3 aromatic rings. The Morgan fingerprint density at radius 2 is 1.92 bits per heavy atom. The highest BCUT2D eigenvalue weighted by Gasteiger charge is 2.44. The molecule has 1 spiro atoms. The predicted octanol–water partition coefficient (Wildman–Crippen LogP) is 5.13. The summed E-state index contributed by atoms with van der Waals surface area (Å²) >= 11 is 1.68. The van der Waals surface area contributed by atoms with Crippen LogP contribution in [0.1, 0.15) is 31.2 Å². The fourth-order valence-electron chi connectivity index (χ4n) is 4.18. The van der Waals surface area contributed by atoms with Crippen LogP contribution in [0.5, 0.6) is 11.5 Å². The van der Waals surface area contributed by atoms with Gasteiger partial charge in [-0.15, -0.1) is 11.3 Å². The minimum atomic E-state index is -0.0308. The largest absolute Gasteiger partial charge is 0.493 e. The number of pyridine rings is 1. The third kappa shape index (κ3) is 2.50. The van der Waals surface area contributed by atoms with E-state index >= 15 is 0 Å². The molecule has 1 aliphatic heterocycles. The molecule has 1 fully saturated rings. The maximum atomic E-state index is 6.47. The highest BCUT2D eigenvalue weighted by Crippen LogP contribution is 2.51. The first-order valence-electron chi connectivity index (χ1n) is 9.03. The highest BCUT2D eigenvalue weighted by molar-refractivity contribution is 7.13. The van der Waals surface area contributed by atoms with Gasteiger partial charge < -0.3 is 9.47 Å². The molecule has 0 bridgehead atoms. The zero-order valence-electron chi connectivity index (χ0n) is 14.7. The van der Waals surface area contributed by atoms with E-state index in [1.54, 1.807) is 30.8 Å². The second kappa shape index (κ2) is 6.09. The maximum Gasteiger partial charge on any atom is 0.166 e. The molecule has 5 heteroatoms. The summed E-state index contributed by atoms with van der Waals surface area (Å²) in [6.07, 6.45) is 9.31. The van der Waals surface area contributed by atoms with Gasteiger partial charge in [-0.25, -0.2) is 4.98 Å². The van der Waals surface area contributed by atoms with Crippen LogP contribution in [0.2, 0.25) is 0 Å². The van der Waals surface area contributed by atoms with E-state index in [0.717, 1.165) is 47.0 Å². The summed E-state index contributed by atoms with van der Waals surface area (Å²) in [5.41, 5.74) is 4.48. The van der Waals surface area contributed by atoms with E-state index in [2.05, 4.69) is 16.4 Å². The summed E-state index contributed by atoms with van der Waals surface area (Å²) in [6.45, 7) is 0. The lowest BCUT2D eigenvalue weighted by molar-refractivity contribution is 0.0996. The van der Waals surface area contributed by atoms with Gasteiger partial charge in [0, 0.05) is 40.9 Å². The number of thiazole rings is 1. The number of hydrogen-bond acceptors (Lipinski definition) is 5. The van der Waals surface area contributed by atoms with Crippen LogP contribution >= 0.6 is 11.3 Å². The topological polar surface area (TPSA) is 44.2 Å². The Labute approximate surface area is 156 Å². The first-order valence-corrected chi connectivity index (χ1v) is 9.91. The normalized spacial score (nSPS) is 17.3. The van der Waals surface area contributed by atoms with Crippen LogP contribution < -0.4 is 9.47 Å². The smallest absolute Gasteiger partial charge is 0.166 e. The van der Waals surface area contributed by atoms with Crippen molar-refractivity contribution in [2.75, 3.05) is 7.11 Å². The van der Waals surface area contributed by atoms with Crippen molar-refractivity contribution in [2.24, 2.45) is 0 Å². The number of ether oxygens (including phenoxy) is 2. The van der Waals surface area contributed by atoms with Crippen molar-refractivity contribution < 1.29 is 9.47 Å². The van der Waals surface area contributed by atoms with Gasteiger partial charge in [-0.3, -0.25) is 4.98 Å². The first kappa shape index (κ1) is 15.8. The van der Waals surface area contributed by atoms with Gasteiger partial charge in [0.2, 0.25) is 0 Å². The Morgan fingerprint density at radius 1 is 1.12 bits per heavy atom. The standard InChI is InChI=1S/C21H20N2O2S/c1-24-18-5-4-15(16-12-21(25-19(16)18)8-2-3-9-21)20-23-17(13-26-20)14-6-10-22-11-7-14/h4-7,10-11,13H,2-3,8-9,12H2,1H3. The molecule has 0 unspecified atom stereocenters.